The third-order valence-electron chi connectivity index (χ3n) is 3.51. The molecule has 0 saturated heterocycles. The van der Waals surface area contributed by atoms with Gasteiger partial charge in [-0.1, -0.05) is 18.2 Å². The Balaban J connectivity index is 2.09. The molecule has 0 atom stereocenters. The number of benzene rings is 1. The molecule has 18 heavy (non-hydrogen) atoms. The van der Waals surface area contributed by atoms with Crippen molar-refractivity contribution in [3.05, 3.63) is 29.8 Å². The lowest BCUT2D eigenvalue weighted by atomic mass is 10.1. The first-order valence-corrected chi connectivity index (χ1v) is 6.91. The standard InChI is InChI=1S/C15H22N2O/c16-11-5-3-10-15(18)17-12-6-4-8-13-7-1-2-9-14(13)17/h1-2,7,9H,3-6,8,10-12,16H2. The largest absolute Gasteiger partial charge is 0.330 e. The molecule has 1 aliphatic heterocycles. The van der Waals surface area contributed by atoms with Crippen LogP contribution in [0.25, 0.3) is 0 Å². The number of anilines is 1. The lowest BCUT2D eigenvalue weighted by Gasteiger charge is -2.23. The van der Waals surface area contributed by atoms with Crippen molar-refractivity contribution in [2.75, 3.05) is 18.0 Å². The zero-order chi connectivity index (χ0) is 12.8. The Morgan fingerprint density at radius 2 is 2.06 bits per heavy atom. The Bertz CT molecular complexity index is 403. The van der Waals surface area contributed by atoms with Gasteiger partial charge in [0.15, 0.2) is 0 Å². The summed E-state index contributed by atoms with van der Waals surface area (Å²) in [6, 6.07) is 8.29. The van der Waals surface area contributed by atoms with Crippen LogP contribution in [0.5, 0.6) is 0 Å². The summed E-state index contributed by atoms with van der Waals surface area (Å²) in [6.07, 6.45) is 5.80. The smallest absolute Gasteiger partial charge is 0.226 e. The Kier molecular flexibility index (Phi) is 4.76. The molecule has 2 rings (SSSR count). The number of para-hydroxylation sites is 1. The molecule has 1 aromatic carbocycles. The van der Waals surface area contributed by atoms with Crippen LogP contribution in [0, 0.1) is 0 Å². The summed E-state index contributed by atoms with van der Waals surface area (Å²) in [6.45, 7) is 1.53. The van der Waals surface area contributed by atoms with Crippen molar-refractivity contribution >= 4 is 11.6 Å². The number of aryl methyl sites for hydroxylation is 1. The van der Waals surface area contributed by atoms with Crippen molar-refractivity contribution in [3.63, 3.8) is 0 Å². The molecular weight excluding hydrogens is 224 g/mol. The van der Waals surface area contributed by atoms with Gasteiger partial charge in [0.2, 0.25) is 5.91 Å². The number of carbonyl (C=O) groups excluding carboxylic acids is 1. The van der Waals surface area contributed by atoms with Crippen molar-refractivity contribution in [3.8, 4) is 0 Å². The molecule has 0 spiro atoms. The fourth-order valence-electron chi connectivity index (χ4n) is 2.51. The van der Waals surface area contributed by atoms with Gasteiger partial charge in [-0.2, -0.15) is 0 Å². The zero-order valence-corrected chi connectivity index (χ0v) is 10.9. The van der Waals surface area contributed by atoms with Crippen LogP contribution in [0.1, 0.15) is 37.7 Å². The van der Waals surface area contributed by atoms with Gasteiger partial charge in [-0.3, -0.25) is 4.79 Å². The Morgan fingerprint density at radius 1 is 1.22 bits per heavy atom. The van der Waals surface area contributed by atoms with E-state index in [1.54, 1.807) is 0 Å². The van der Waals surface area contributed by atoms with E-state index >= 15 is 0 Å². The SMILES string of the molecule is NCCCCC(=O)N1CCCCc2ccccc21. The molecular formula is C15H22N2O. The van der Waals surface area contributed by atoms with E-state index in [2.05, 4.69) is 18.2 Å². The monoisotopic (exact) mass is 246 g/mol. The third kappa shape index (κ3) is 3.10. The van der Waals surface area contributed by atoms with Crippen molar-refractivity contribution < 1.29 is 4.79 Å². The van der Waals surface area contributed by atoms with Crippen molar-refractivity contribution in [1.29, 1.82) is 0 Å². The van der Waals surface area contributed by atoms with Crippen molar-refractivity contribution in [2.24, 2.45) is 5.73 Å². The summed E-state index contributed by atoms with van der Waals surface area (Å²) in [5, 5.41) is 0. The second-order valence-corrected chi connectivity index (χ2v) is 4.88. The molecule has 1 aromatic rings. The molecule has 3 nitrogen and oxygen atoms in total. The molecule has 0 saturated carbocycles. The van der Waals surface area contributed by atoms with E-state index < -0.39 is 0 Å². The number of fused-ring (bicyclic) bond motifs is 1. The quantitative estimate of drug-likeness (QED) is 0.830. The normalized spacial score (nSPS) is 15.1. The number of unbranched alkanes of at least 4 members (excludes halogenated alkanes) is 1. The highest BCUT2D eigenvalue weighted by atomic mass is 16.2. The van der Waals surface area contributed by atoms with Gasteiger partial charge in [0.25, 0.3) is 0 Å². The molecule has 0 aliphatic carbocycles. The maximum Gasteiger partial charge on any atom is 0.226 e. The predicted octanol–water partition coefficient (Wildman–Crippen LogP) is 2.48. The molecule has 98 valence electrons. The summed E-state index contributed by atoms with van der Waals surface area (Å²) in [7, 11) is 0. The molecule has 1 aliphatic rings. The first kappa shape index (κ1) is 13.1. The molecule has 2 N–H and O–H groups in total. The fourth-order valence-corrected chi connectivity index (χ4v) is 2.51. The van der Waals surface area contributed by atoms with Crippen molar-refractivity contribution in [2.45, 2.75) is 38.5 Å². The highest BCUT2D eigenvalue weighted by molar-refractivity contribution is 5.94. The molecule has 0 bridgehead atoms. The zero-order valence-electron chi connectivity index (χ0n) is 10.9. The van der Waals surface area contributed by atoms with Crippen molar-refractivity contribution in [1.82, 2.24) is 0 Å². The van der Waals surface area contributed by atoms with E-state index in [0.29, 0.717) is 13.0 Å². The summed E-state index contributed by atoms with van der Waals surface area (Å²) < 4.78 is 0. The summed E-state index contributed by atoms with van der Waals surface area (Å²) in [4.78, 5) is 14.2. The van der Waals surface area contributed by atoms with Gasteiger partial charge in [-0.15, -0.1) is 0 Å². The minimum Gasteiger partial charge on any atom is -0.330 e. The summed E-state index contributed by atoms with van der Waals surface area (Å²) >= 11 is 0. The number of nitrogens with two attached hydrogens (primary N) is 1. The minimum absolute atomic E-state index is 0.248. The molecule has 0 aromatic heterocycles. The van der Waals surface area contributed by atoms with Crippen LogP contribution in [0.2, 0.25) is 0 Å². The first-order chi connectivity index (χ1) is 8.83. The summed E-state index contributed by atoms with van der Waals surface area (Å²) in [5.74, 6) is 0.248. The van der Waals surface area contributed by atoms with Gasteiger partial charge in [0, 0.05) is 18.7 Å². The Morgan fingerprint density at radius 3 is 2.89 bits per heavy atom. The van der Waals surface area contributed by atoms with Crippen LogP contribution < -0.4 is 10.6 Å². The second kappa shape index (κ2) is 6.55. The van der Waals surface area contributed by atoms with E-state index in [4.69, 9.17) is 5.73 Å². The van der Waals surface area contributed by atoms with Gasteiger partial charge in [-0.05, 0) is 50.3 Å². The number of hydrogen-bond acceptors (Lipinski definition) is 2. The van der Waals surface area contributed by atoms with Crippen LogP contribution in [-0.4, -0.2) is 19.0 Å². The summed E-state index contributed by atoms with van der Waals surface area (Å²) in [5.41, 5.74) is 7.90. The van der Waals surface area contributed by atoms with Gasteiger partial charge >= 0.3 is 0 Å². The number of hydrogen-bond donors (Lipinski definition) is 1. The minimum atomic E-state index is 0.248. The average Bonchev–Trinajstić information content (AvgIpc) is 2.61. The number of carbonyl (C=O) groups is 1. The van der Waals surface area contributed by atoms with E-state index in [1.807, 2.05) is 11.0 Å². The highest BCUT2D eigenvalue weighted by Crippen LogP contribution is 2.26. The van der Waals surface area contributed by atoms with Crippen LogP contribution in [-0.2, 0) is 11.2 Å². The van der Waals surface area contributed by atoms with Gasteiger partial charge in [-0.25, -0.2) is 0 Å². The fraction of sp³-hybridized carbons (Fsp3) is 0.533. The Labute approximate surface area is 109 Å². The maximum absolute atomic E-state index is 12.3. The number of amides is 1. The highest BCUT2D eigenvalue weighted by Gasteiger charge is 2.19. The molecule has 1 amide bonds. The van der Waals surface area contributed by atoms with Crippen LogP contribution in [0.4, 0.5) is 5.69 Å². The maximum atomic E-state index is 12.3. The lowest BCUT2D eigenvalue weighted by Crippen LogP contribution is -2.31. The molecule has 0 unspecified atom stereocenters. The molecule has 3 heteroatoms. The number of rotatable bonds is 4. The molecule has 0 radical (unpaired) electrons. The van der Waals surface area contributed by atoms with Crippen LogP contribution >= 0.6 is 0 Å². The van der Waals surface area contributed by atoms with E-state index in [9.17, 15) is 4.79 Å². The van der Waals surface area contributed by atoms with E-state index in [-0.39, 0.29) is 5.91 Å². The predicted molar refractivity (Wildman–Crippen MR) is 74.6 cm³/mol. The topological polar surface area (TPSA) is 46.3 Å². The third-order valence-corrected chi connectivity index (χ3v) is 3.51. The second-order valence-electron chi connectivity index (χ2n) is 4.88. The number of nitrogens with zero attached hydrogens (tertiary/aromatic N) is 1. The molecule has 1 heterocycles. The van der Waals surface area contributed by atoms with Crippen LogP contribution in [0.15, 0.2) is 24.3 Å². The first-order valence-electron chi connectivity index (χ1n) is 6.91. The Hall–Kier alpha value is -1.35. The van der Waals surface area contributed by atoms with E-state index in [1.165, 1.54) is 12.0 Å². The van der Waals surface area contributed by atoms with Gasteiger partial charge < -0.3 is 10.6 Å². The van der Waals surface area contributed by atoms with E-state index in [0.717, 1.165) is 37.9 Å². The van der Waals surface area contributed by atoms with Crippen LogP contribution in [0.3, 0.4) is 0 Å². The molecule has 0 fully saturated rings. The van der Waals surface area contributed by atoms with Gasteiger partial charge in [0.05, 0.1) is 0 Å². The average molecular weight is 246 g/mol. The lowest BCUT2D eigenvalue weighted by molar-refractivity contribution is -0.118. The van der Waals surface area contributed by atoms with Gasteiger partial charge in [0.1, 0.15) is 0 Å².